The fraction of sp³-hybridized carbons (Fsp3) is 0.250. The summed E-state index contributed by atoms with van der Waals surface area (Å²) in [6.07, 6.45) is 0. The van der Waals surface area contributed by atoms with Gasteiger partial charge in [-0.2, -0.15) is 0 Å². The minimum absolute atomic E-state index is 0.193. The zero-order chi connectivity index (χ0) is 14.7. The van der Waals surface area contributed by atoms with Gasteiger partial charge in [0.1, 0.15) is 6.61 Å². The maximum absolute atomic E-state index is 5.99. The normalized spacial score (nSPS) is 14.0. The maximum Gasteiger partial charge on any atom is 0.231 e. The van der Waals surface area contributed by atoms with Gasteiger partial charge in [-0.3, -0.25) is 0 Å². The molecule has 1 unspecified atom stereocenters. The Labute approximate surface area is 123 Å². The molecular formula is C16H18N2O3. The van der Waals surface area contributed by atoms with Crippen molar-refractivity contribution in [1.82, 2.24) is 0 Å². The first-order valence-corrected chi connectivity index (χ1v) is 6.84. The van der Waals surface area contributed by atoms with Crippen molar-refractivity contribution < 1.29 is 14.2 Å². The highest BCUT2D eigenvalue weighted by Crippen LogP contribution is 2.43. The average molecular weight is 286 g/mol. The molecule has 21 heavy (non-hydrogen) atoms. The maximum atomic E-state index is 5.99. The van der Waals surface area contributed by atoms with Gasteiger partial charge >= 0.3 is 0 Å². The molecule has 0 saturated heterocycles. The molecule has 2 aromatic carbocycles. The number of hydrogen-bond acceptors (Lipinski definition) is 5. The fourth-order valence-electron chi connectivity index (χ4n) is 2.19. The molecule has 4 N–H and O–H groups in total. The van der Waals surface area contributed by atoms with Crippen LogP contribution in [-0.2, 0) is 6.61 Å². The summed E-state index contributed by atoms with van der Waals surface area (Å²) in [6, 6.07) is 13.4. The van der Waals surface area contributed by atoms with E-state index in [2.05, 4.69) is 0 Å². The zero-order valence-corrected chi connectivity index (χ0v) is 11.6. The Morgan fingerprint density at radius 3 is 2.71 bits per heavy atom. The van der Waals surface area contributed by atoms with Gasteiger partial charge in [-0.05, 0) is 23.3 Å². The van der Waals surface area contributed by atoms with Gasteiger partial charge in [0.2, 0.25) is 12.5 Å². The van der Waals surface area contributed by atoms with Gasteiger partial charge in [0.15, 0.2) is 11.5 Å². The van der Waals surface area contributed by atoms with E-state index in [4.69, 9.17) is 25.7 Å². The molecule has 0 aromatic heterocycles. The monoisotopic (exact) mass is 286 g/mol. The number of hydrogen-bond donors (Lipinski definition) is 2. The van der Waals surface area contributed by atoms with Gasteiger partial charge < -0.3 is 25.7 Å². The van der Waals surface area contributed by atoms with Crippen LogP contribution in [0.3, 0.4) is 0 Å². The van der Waals surface area contributed by atoms with Crippen molar-refractivity contribution in [2.75, 3.05) is 13.3 Å². The molecule has 2 aromatic rings. The minimum Gasteiger partial charge on any atom is -0.485 e. The van der Waals surface area contributed by atoms with E-state index in [1.807, 2.05) is 42.5 Å². The van der Waals surface area contributed by atoms with Crippen LogP contribution >= 0.6 is 0 Å². The second-order valence-corrected chi connectivity index (χ2v) is 4.87. The van der Waals surface area contributed by atoms with E-state index in [-0.39, 0.29) is 12.8 Å². The third-order valence-electron chi connectivity index (χ3n) is 3.38. The second kappa shape index (κ2) is 6.03. The molecule has 1 aliphatic rings. The van der Waals surface area contributed by atoms with E-state index >= 15 is 0 Å². The lowest BCUT2D eigenvalue weighted by atomic mass is 10.1. The summed E-state index contributed by atoms with van der Waals surface area (Å²) < 4.78 is 16.8. The lowest BCUT2D eigenvalue weighted by Gasteiger charge is -2.14. The van der Waals surface area contributed by atoms with Crippen LogP contribution in [0.1, 0.15) is 17.2 Å². The van der Waals surface area contributed by atoms with Gasteiger partial charge in [-0.15, -0.1) is 0 Å². The lowest BCUT2D eigenvalue weighted by Crippen LogP contribution is -2.20. The number of nitrogens with two attached hydrogens (primary N) is 2. The van der Waals surface area contributed by atoms with E-state index in [0.29, 0.717) is 30.4 Å². The third-order valence-corrected chi connectivity index (χ3v) is 3.38. The Morgan fingerprint density at radius 2 is 1.95 bits per heavy atom. The Kier molecular flexibility index (Phi) is 3.94. The molecule has 3 rings (SSSR count). The molecule has 110 valence electrons. The predicted octanol–water partition coefficient (Wildman–Crippen LogP) is 1.95. The molecule has 1 atom stereocenters. The second-order valence-electron chi connectivity index (χ2n) is 4.87. The first-order chi connectivity index (χ1) is 10.3. The summed E-state index contributed by atoms with van der Waals surface area (Å²) >= 11 is 0. The van der Waals surface area contributed by atoms with Crippen LogP contribution < -0.4 is 25.7 Å². The van der Waals surface area contributed by atoms with Crippen molar-refractivity contribution in [2.45, 2.75) is 12.6 Å². The van der Waals surface area contributed by atoms with Crippen LogP contribution in [0.5, 0.6) is 17.2 Å². The Balaban J connectivity index is 1.85. The van der Waals surface area contributed by atoms with Crippen LogP contribution in [0.4, 0.5) is 0 Å². The molecular weight excluding hydrogens is 268 g/mol. The van der Waals surface area contributed by atoms with Crippen molar-refractivity contribution in [1.29, 1.82) is 0 Å². The predicted molar refractivity (Wildman–Crippen MR) is 79.3 cm³/mol. The number of rotatable bonds is 5. The summed E-state index contributed by atoms with van der Waals surface area (Å²) in [6.45, 7) is 1.01. The molecule has 1 aliphatic heterocycles. The molecule has 0 fully saturated rings. The van der Waals surface area contributed by atoms with Gasteiger partial charge in [0.05, 0.1) is 0 Å². The highest BCUT2D eigenvalue weighted by Gasteiger charge is 2.22. The average Bonchev–Trinajstić information content (AvgIpc) is 3.01. The highest BCUT2D eigenvalue weighted by atomic mass is 16.7. The third kappa shape index (κ3) is 2.94. The SMILES string of the molecule is NCC(N)c1cc2c(c(OCc3ccccc3)c1)OCO2. The molecule has 0 saturated carbocycles. The first kappa shape index (κ1) is 13.7. The summed E-state index contributed by atoms with van der Waals surface area (Å²) in [7, 11) is 0. The van der Waals surface area contributed by atoms with E-state index in [9.17, 15) is 0 Å². The molecule has 0 bridgehead atoms. The van der Waals surface area contributed by atoms with Crippen molar-refractivity contribution >= 4 is 0 Å². The molecule has 5 nitrogen and oxygen atoms in total. The van der Waals surface area contributed by atoms with Crippen LogP contribution in [0, 0.1) is 0 Å². The molecule has 1 heterocycles. The van der Waals surface area contributed by atoms with Crippen LogP contribution in [0.15, 0.2) is 42.5 Å². The van der Waals surface area contributed by atoms with Crippen LogP contribution in [0.2, 0.25) is 0 Å². The van der Waals surface area contributed by atoms with Gasteiger partial charge in [0.25, 0.3) is 0 Å². The largest absolute Gasteiger partial charge is 0.485 e. The van der Waals surface area contributed by atoms with Crippen molar-refractivity contribution in [3.8, 4) is 17.2 Å². The zero-order valence-electron chi connectivity index (χ0n) is 11.6. The Morgan fingerprint density at radius 1 is 1.14 bits per heavy atom. The van der Waals surface area contributed by atoms with E-state index in [0.717, 1.165) is 11.1 Å². The lowest BCUT2D eigenvalue weighted by molar-refractivity contribution is 0.169. The van der Waals surface area contributed by atoms with Gasteiger partial charge in [0, 0.05) is 12.6 Å². The summed E-state index contributed by atoms with van der Waals surface area (Å²) in [5.74, 6) is 1.91. The van der Waals surface area contributed by atoms with E-state index in [1.54, 1.807) is 0 Å². The van der Waals surface area contributed by atoms with Crippen molar-refractivity contribution in [2.24, 2.45) is 11.5 Å². The van der Waals surface area contributed by atoms with Crippen molar-refractivity contribution in [3.63, 3.8) is 0 Å². The standard InChI is InChI=1S/C16H18N2O3/c17-8-13(18)12-6-14(16-15(7-12)20-10-21-16)19-9-11-4-2-1-3-5-11/h1-7,13H,8-10,17-18H2. The smallest absolute Gasteiger partial charge is 0.231 e. The Bertz CT molecular complexity index is 616. The number of benzene rings is 2. The van der Waals surface area contributed by atoms with E-state index in [1.165, 1.54) is 0 Å². The van der Waals surface area contributed by atoms with Crippen LogP contribution in [-0.4, -0.2) is 13.3 Å². The molecule has 0 spiro atoms. The topological polar surface area (TPSA) is 79.7 Å². The molecule has 0 amide bonds. The Hall–Kier alpha value is -2.24. The summed E-state index contributed by atoms with van der Waals surface area (Å²) in [5.41, 5.74) is 13.6. The summed E-state index contributed by atoms with van der Waals surface area (Å²) in [5, 5.41) is 0. The van der Waals surface area contributed by atoms with Crippen LogP contribution in [0.25, 0.3) is 0 Å². The van der Waals surface area contributed by atoms with Crippen molar-refractivity contribution in [3.05, 3.63) is 53.6 Å². The van der Waals surface area contributed by atoms with Gasteiger partial charge in [-0.25, -0.2) is 0 Å². The minimum atomic E-state index is -0.251. The molecule has 5 heteroatoms. The van der Waals surface area contributed by atoms with Gasteiger partial charge in [-0.1, -0.05) is 30.3 Å². The number of fused-ring (bicyclic) bond motifs is 1. The molecule has 0 aliphatic carbocycles. The summed E-state index contributed by atoms with van der Waals surface area (Å²) in [4.78, 5) is 0. The first-order valence-electron chi connectivity index (χ1n) is 6.84. The fourth-order valence-corrected chi connectivity index (χ4v) is 2.19. The quantitative estimate of drug-likeness (QED) is 0.878. The van der Waals surface area contributed by atoms with E-state index < -0.39 is 0 Å². The molecule has 0 radical (unpaired) electrons. The highest BCUT2D eigenvalue weighted by molar-refractivity contribution is 5.55. The number of ether oxygens (including phenoxy) is 3.